The van der Waals surface area contributed by atoms with E-state index in [-0.39, 0.29) is 16.8 Å². The lowest BCUT2D eigenvalue weighted by Gasteiger charge is -2.16. The molecule has 0 unspecified atom stereocenters. The predicted octanol–water partition coefficient (Wildman–Crippen LogP) is 2.45. The number of sulfonamides is 1. The number of ether oxygens (including phenoxy) is 1. The fourth-order valence-corrected chi connectivity index (χ4v) is 4.12. The zero-order valence-corrected chi connectivity index (χ0v) is 15.6. The molecule has 140 valence electrons. The van der Waals surface area contributed by atoms with E-state index in [0.29, 0.717) is 25.1 Å². The molecule has 0 radical (unpaired) electrons. The van der Waals surface area contributed by atoms with Crippen LogP contribution < -0.4 is 10.0 Å². The van der Waals surface area contributed by atoms with Gasteiger partial charge in [-0.3, -0.25) is 4.79 Å². The van der Waals surface area contributed by atoms with Gasteiger partial charge in [-0.05, 0) is 37.5 Å². The van der Waals surface area contributed by atoms with E-state index in [4.69, 9.17) is 4.74 Å². The van der Waals surface area contributed by atoms with Crippen LogP contribution >= 0.6 is 0 Å². The first-order valence-electron chi connectivity index (χ1n) is 8.92. The summed E-state index contributed by atoms with van der Waals surface area (Å²) in [4.78, 5) is 12.6. The number of nitrogens with one attached hydrogen (secondary N) is 2. The van der Waals surface area contributed by atoms with Crippen LogP contribution in [0.5, 0.6) is 0 Å². The molecule has 6 nitrogen and oxygen atoms in total. The van der Waals surface area contributed by atoms with E-state index >= 15 is 0 Å². The van der Waals surface area contributed by atoms with Gasteiger partial charge in [0.15, 0.2) is 0 Å². The van der Waals surface area contributed by atoms with E-state index in [0.717, 1.165) is 25.7 Å². The summed E-state index contributed by atoms with van der Waals surface area (Å²) in [7, 11) is -2.05. The lowest BCUT2D eigenvalue weighted by Crippen LogP contribution is -2.34. The summed E-state index contributed by atoms with van der Waals surface area (Å²) in [6.45, 7) is 0.793. The molecular formula is C18H28N2O4S. The molecule has 7 heteroatoms. The van der Waals surface area contributed by atoms with Crippen molar-refractivity contribution in [2.24, 2.45) is 0 Å². The molecule has 1 aliphatic carbocycles. The van der Waals surface area contributed by atoms with E-state index in [1.807, 2.05) is 0 Å². The van der Waals surface area contributed by atoms with E-state index < -0.39 is 10.0 Å². The Morgan fingerprint density at radius 1 is 1.20 bits per heavy atom. The van der Waals surface area contributed by atoms with E-state index in [9.17, 15) is 13.2 Å². The highest BCUT2D eigenvalue weighted by Gasteiger charge is 2.18. The molecule has 0 atom stereocenters. The quantitative estimate of drug-likeness (QED) is 0.545. The molecule has 0 heterocycles. The minimum Gasteiger partial charge on any atom is -0.385 e. The van der Waals surface area contributed by atoms with Crippen molar-refractivity contribution in [1.29, 1.82) is 0 Å². The molecule has 2 N–H and O–H groups in total. The Balaban J connectivity index is 2.00. The second kappa shape index (κ2) is 9.89. The predicted molar refractivity (Wildman–Crippen MR) is 97.1 cm³/mol. The molecule has 0 saturated heterocycles. The van der Waals surface area contributed by atoms with Crippen molar-refractivity contribution >= 4 is 15.9 Å². The number of methoxy groups -OCH3 is 1. The van der Waals surface area contributed by atoms with E-state index in [1.165, 1.54) is 25.0 Å². The summed E-state index contributed by atoms with van der Waals surface area (Å²) >= 11 is 0. The summed E-state index contributed by atoms with van der Waals surface area (Å²) in [6, 6.07) is 6.37. The fourth-order valence-electron chi connectivity index (χ4n) is 3.00. The molecule has 2 rings (SSSR count). The fraction of sp³-hybridized carbons (Fsp3) is 0.611. The van der Waals surface area contributed by atoms with Crippen LogP contribution in [0.15, 0.2) is 29.2 Å². The number of benzene rings is 1. The lowest BCUT2D eigenvalue weighted by atomic mass is 10.1. The normalized spacial score (nSPS) is 16.4. The van der Waals surface area contributed by atoms with Crippen molar-refractivity contribution in [3.8, 4) is 0 Å². The Kier molecular flexibility index (Phi) is 7.87. The minimum atomic E-state index is -3.62. The SMILES string of the molecule is COCCCNS(=O)(=O)c1cccc(C(=O)NC2CCCCCC2)c1. The maximum Gasteiger partial charge on any atom is 0.251 e. The first-order chi connectivity index (χ1) is 12.0. The number of carbonyl (C=O) groups excluding carboxylic acids is 1. The molecule has 1 saturated carbocycles. The Morgan fingerprint density at radius 2 is 1.92 bits per heavy atom. The lowest BCUT2D eigenvalue weighted by molar-refractivity contribution is 0.0933. The maximum absolute atomic E-state index is 12.5. The topological polar surface area (TPSA) is 84.5 Å². The highest BCUT2D eigenvalue weighted by Crippen LogP contribution is 2.18. The highest BCUT2D eigenvalue weighted by atomic mass is 32.2. The largest absolute Gasteiger partial charge is 0.385 e. The second-order valence-corrected chi connectivity index (χ2v) is 8.20. The van der Waals surface area contributed by atoms with Crippen molar-refractivity contribution in [1.82, 2.24) is 10.0 Å². The summed E-state index contributed by atoms with van der Waals surface area (Å²) in [6.07, 6.45) is 7.27. The zero-order chi connectivity index (χ0) is 18.1. The van der Waals surface area contributed by atoms with Crippen LogP contribution in [0, 0.1) is 0 Å². The van der Waals surface area contributed by atoms with Crippen LogP contribution in [-0.2, 0) is 14.8 Å². The number of carbonyl (C=O) groups is 1. The Bertz CT molecular complexity index is 653. The van der Waals surface area contributed by atoms with Crippen LogP contribution in [0.25, 0.3) is 0 Å². The minimum absolute atomic E-state index is 0.110. The van der Waals surface area contributed by atoms with Gasteiger partial charge in [-0.2, -0.15) is 0 Å². The number of amides is 1. The van der Waals surface area contributed by atoms with Crippen LogP contribution in [0.4, 0.5) is 0 Å². The molecule has 0 aliphatic heterocycles. The highest BCUT2D eigenvalue weighted by molar-refractivity contribution is 7.89. The molecule has 0 bridgehead atoms. The van der Waals surface area contributed by atoms with Gasteiger partial charge in [0.2, 0.25) is 10.0 Å². The van der Waals surface area contributed by atoms with Gasteiger partial charge in [0.05, 0.1) is 4.90 Å². The molecular weight excluding hydrogens is 340 g/mol. The van der Waals surface area contributed by atoms with Crippen molar-refractivity contribution in [3.63, 3.8) is 0 Å². The van der Waals surface area contributed by atoms with E-state index in [1.54, 1.807) is 19.2 Å². The van der Waals surface area contributed by atoms with Gasteiger partial charge in [0.1, 0.15) is 0 Å². The number of hydrogen-bond acceptors (Lipinski definition) is 4. The van der Waals surface area contributed by atoms with Gasteiger partial charge in [-0.1, -0.05) is 31.7 Å². The molecule has 0 spiro atoms. The van der Waals surface area contributed by atoms with E-state index in [2.05, 4.69) is 10.0 Å². The third-order valence-corrected chi connectivity index (χ3v) is 5.87. The molecule has 0 aromatic heterocycles. The molecule has 1 aromatic rings. The summed E-state index contributed by atoms with van der Waals surface area (Å²) in [5.74, 6) is -0.205. The zero-order valence-electron chi connectivity index (χ0n) is 14.8. The Morgan fingerprint density at radius 3 is 2.60 bits per heavy atom. The van der Waals surface area contributed by atoms with Gasteiger partial charge in [0, 0.05) is 31.9 Å². The third-order valence-electron chi connectivity index (χ3n) is 4.41. The molecule has 1 aliphatic rings. The van der Waals surface area contributed by atoms with Gasteiger partial charge < -0.3 is 10.1 Å². The summed E-state index contributed by atoms with van der Waals surface area (Å²) in [5, 5.41) is 3.04. The van der Waals surface area contributed by atoms with Crippen molar-refractivity contribution in [2.45, 2.75) is 55.9 Å². The van der Waals surface area contributed by atoms with Crippen LogP contribution in [0.1, 0.15) is 55.3 Å². The Labute approximate surface area is 150 Å². The number of hydrogen-bond donors (Lipinski definition) is 2. The first-order valence-corrected chi connectivity index (χ1v) is 10.4. The molecule has 25 heavy (non-hydrogen) atoms. The molecule has 1 aromatic carbocycles. The van der Waals surface area contributed by atoms with Crippen LogP contribution in [0.2, 0.25) is 0 Å². The van der Waals surface area contributed by atoms with Crippen molar-refractivity contribution in [2.75, 3.05) is 20.3 Å². The average Bonchev–Trinajstić information content (AvgIpc) is 2.87. The maximum atomic E-state index is 12.5. The van der Waals surface area contributed by atoms with Crippen LogP contribution in [0.3, 0.4) is 0 Å². The van der Waals surface area contributed by atoms with Gasteiger partial charge in [0.25, 0.3) is 5.91 Å². The second-order valence-electron chi connectivity index (χ2n) is 6.43. The molecule has 1 amide bonds. The van der Waals surface area contributed by atoms with Crippen molar-refractivity contribution in [3.05, 3.63) is 29.8 Å². The number of rotatable bonds is 8. The van der Waals surface area contributed by atoms with Crippen LogP contribution in [-0.4, -0.2) is 40.6 Å². The average molecular weight is 368 g/mol. The molecule has 1 fully saturated rings. The smallest absolute Gasteiger partial charge is 0.251 e. The van der Waals surface area contributed by atoms with Gasteiger partial charge in [-0.15, -0.1) is 0 Å². The standard InChI is InChI=1S/C18H28N2O4S/c1-24-13-7-12-19-25(22,23)17-11-6-8-15(14-17)18(21)20-16-9-4-2-3-5-10-16/h6,8,11,14,16,19H,2-5,7,9-10,12-13H2,1H3,(H,20,21). The first kappa shape index (κ1) is 19.9. The summed E-state index contributed by atoms with van der Waals surface area (Å²) in [5.41, 5.74) is 0.379. The summed E-state index contributed by atoms with van der Waals surface area (Å²) < 4.78 is 32.1. The van der Waals surface area contributed by atoms with Gasteiger partial charge in [-0.25, -0.2) is 13.1 Å². The van der Waals surface area contributed by atoms with Crippen molar-refractivity contribution < 1.29 is 17.9 Å². The monoisotopic (exact) mass is 368 g/mol. The van der Waals surface area contributed by atoms with Gasteiger partial charge >= 0.3 is 0 Å². The third kappa shape index (κ3) is 6.41. The Hall–Kier alpha value is -1.44.